The monoisotopic (exact) mass is 676 g/mol. The number of benzene rings is 4. The van der Waals surface area contributed by atoms with Gasteiger partial charge < -0.3 is 24.9 Å². The average Bonchev–Trinajstić information content (AvgIpc) is 3.67. The van der Waals surface area contributed by atoms with Crippen LogP contribution in [0.1, 0.15) is 67.5 Å². The number of phenols is 1. The Hall–Kier alpha value is -2.11. The summed E-state index contributed by atoms with van der Waals surface area (Å²) in [6.07, 6.45) is 6.21. The van der Waals surface area contributed by atoms with Gasteiger partial charge in [-0.05, 0) is 78.9 Å². The molecule has 6 heteroatoms. The van der Waals surface area contributed by atoms with Crippen molar-refractivity contribution in [3.8, 4) is 28.0 Å². The first kappa shape index (κ1) is 39.9. The van der Waals surface area contributed by atoms with Crippen LogP contribution in [-0.4, -0.2) is 30.7 Å². The van der Waals surface area contributed by atoms with Crippen LogP contribution >= 0.6 is 24.8 Å². The molecule has 1 atom stereocenters. The van der Waals surface area contributed by atoms with E-state index >= 15 is 0 Å². The number of phenolic OH excluding ortho intramolecular Hbond substituents is 1. The van der Waals surface area contributed by atoms with Gasteiger partial charge in [-0.3, -0.25) is 0 Å². The Labute approximate surface area is 292 Å². The van der Waals surface area contributed by atoms with Gasteiger partial charge in [-0.15, -0.1) is 48.1 Å². The van der Waals surface area contributed by atoms with Crippen LogP contribution in [0, 0.1) is 27.9 Å². The van der Waals surface area contributed by atoms with Gasteiger partial charge in [0.2, 0.25) is 0 Å². The van der Waals surface area contributed by atoms with Gasteiger partial charge in [-0.2, -0.15) is 17.7 Å². The van der Waals surface area contributed by atoms with Gasteiger partial charge >= 0.3 is 26.8 Å². The molecule has 0 saturated carbocycles. The van der Waals surface area contributed by atoms with E-state index in [1.165, 1.54) is 64.9 Å². The van der Waals surface area contributed by atoms with Gasteiger partial charge in [-0.1, -0.05) is 74.9 Å². The zero-order chi connectivity index (χ0) is 28.4. The molecule has 0 bridgehead atoms. The summed E-state index contributed by atoms with van der Waals surface area (Å²) >= 11 is 1.81. The molecule has 1 heterocycles. The fraction of sp³-hybridized carbons (Fsp3) is 0.263. The SMILES string of the molecule is CC1=[C-]c2ccccc2C1N1CCCC1.Cc1ccc(O)c(-c2ccc3c(c2)C(C)(C)c2ccccc2-3)c1.Cl.Cl.[CH3-].[CH3-].[Si]=[Ti]. The van der Waals surface area contributed by atoms with Crippen LogP contribution in [0.25, 0.3) is 22.3 Å². The maximum absolute atomic E-state index is 10.2. The van der Waals surface area contributed by atoms with Crippen LogP contribution in [0.4, 0.5) is 0 Å². The Bertz CT molecular complexity index is 1580. The zero-order valence-electron chi connectivity index (χ0n) is 26.7. The van der Waals surface area contributed by atoms with E-state index in [0.29, 0.717) is 11.8 Å². The quantitative estimate of drug-likeness (QED) is 0.169. The molecule has 1 aliphatic heterocycles. The number of halogens is 2. The molecule has 1 saturated heterocycles. The van der Waals surface area contributed by atoms with E-state index in [0.717, 1.165) is 16.7 Å². The molecule has 3 aliphatic rings. The van der Waals surface area contributed by atoms with Crippen molar-refractivity contribution in [1.82, 2.24) is 4.90 Å². The summed E-state index contributed by atoms with van der Waals surface area (Å²) in [4.78, 5) is 2.59. The summed E-state index contributed by atoms with van der Waals surface area (Å²) in [7, 11) is 2.97. The molecule has 0 aromatic heterocycles. The Kier molecular flexibility index (Phi) is 15.4. The van der Waals surface area contributed by atoms with Crippen molar-refractivity contribution in [2.75, 3.05) is 13.1 Å². The van der Waals surface area contributed by atoms with Gasteiger partial charge in [0.1, 0.15) is 5.75 Å². The van der Waals surface area contributed by atoms with Crippen molar-refractivity contribution in [3.05, 3.63) is 139 Å². The van der Waals surface area contributed by atoms with Gasteiger partial charge in [0, 0.05) is 17.0 Å². The second-order valence-electron chi connectivity index (χ2n) is 11.5. The summed E-state index contributed by atoms with van der Waals surface area (Å²) in [6, 6.07) is 30.1. The number of rotatable bonds is 2. The number of aryl methyl sites for hydroxylation is 1. The maximum atomic E-state index is 10.2. The molecular formula is C38H44Cl2NOSiTi-3. The molecule has 44 heavy (non-hydrogen) atoms. The van der Waals surface area contributed by atoms with Crippen molar-refractivity contribution in [2.45, 2.75) is 52.0 Å². The van der Waals surface area contributed by atoms with E-state index in [9.17, 15) is 5.11 Å². The zero-order valence-corrected chi connectivity index (χ0v) is 30.9. The second-order valence-corrected chi connectivity index (χ2v) is 11.5. The molecule has 1 fully saturated rings. The fourth-order valence-corrected chi connectivity index (χ4v) is 6.59. The number of likely N-dealkylation sites (tertiary alicyclic amines) is 1. The number of hydrogen-bond donors (Lipinski definition) is 1. The summed E-state index contributed by atoms with van der Waals surface area (Å²) in [6.45, 7) is 11.3. The summed E-state index contributed by atoms with van der Waals surface area (Å²) in [5.41, 5.74) is 12.6. The van der Waals surface area contributed by atoms with Crippen molar-refractivity contribution in [3.63, 3.8) is 0 Å². The summed E-state index contributed by atoms with van der Waals surface area (Å²) < 4.78 is 0. The Morgan fingerprint density at radius 3 is 2.09 bits per heavy atom. The van der Waals surface area contributed by atoms with Crippen molar-refractivity contribution in [1.29, 1.82) is 0 Å². The standard InChI is InChI=1S/C22H20O.C14H16N.2CH3.2ClH.Si.Ti/c1-14-8-11-21(23)18(12-14)15-9-10-17-16-6-4-5-7-19(16)22(2,3)20(17)13-15;1-11-10-12-6-2-3-7-13(12)14(11)15-8-4-5-9-15;;;;;;/h4-13,23H,1-3H3;2-3,6-7,14H,4-5,8-9H2,1H3;2*1H3;2*1H;;/q;3*-1;;;;. The van der Waals surface area contributed by atoms with Crippen LogP contribution < -0.4 is 0 Å². The van der Waals surface area contributed by atoms with Gasteiger partial charge in [0.15, 0.2) is 0 Å². The molecular weight excluding hydrogens is 633 g/mol. The van der Waals surface area contributed by atoms with Crippen LogP contribution in [0.3, 0.4) is 0 Å². The van der Waals surface area contributed by atoms with Crippen LogP contribution in [0.5, 0.6) is 5.75 Å². The molecule has 1 N–H and O–H groups in total. The first-order valence-electron chi connectivity index (χ1n) is 14.1. The summed E-state index contributed by atoms with van der Waals surface area (Å²) in [5.74, 6) is 0.337. The Morgan fingerprint density at radius 1 is 0.773 bits per heavy atom. The number of fused-ring (bicyclic) bond motifs is 4. The van der Waals surface area contributed by atoms with E-state index in [2.05, 4.69) is 113 Å². The fourth-order valence-electron chi connectivity index (χ4n) is 6.59. The van der Waals surface area contributed by atoms with Crippen LogP contribution in [-0.2, 0) is 24.6 Å². The molecule has 232 valence electrons. The van der Waals surface area contributed by atoms with E-state index in [-0.39, 0.29) is 45.1 Å². The van der Waals surface area contributed by atoms with Gasteiger partial charge in [-0.25, -0.2) is 0 Å². The van der Waals surface area contributed by atoms with Gasteiger partial charge in [0.25, 0.3) is 0 Å². The van der Waals surface area contributed by atoms with E-state index in [1.807, 2.05) is 12.1 Å². The van der Waals surface area contributed by atoms with Crippen molar-refractivity contribution < 1.29 is 24.3 Å². The molecule has 2 radical (unpaired) electrons. The predicted molar refractivity (Wildman–Crippen MR) is 190 cm³/mol. The van der Waals surface area contributed by atoms with Crippen LogP contribution in [0.15, 0.2) is 90.5 Å². The molecule has 0 spiro atoms. The van der Waals surface area contributed by atoms with Crippen LogP contribution in [0.2, 0.25) is 0 Å². The van der Waals surface area contributed by atoms with E-state index < -0.39 is 0 Å². The predicted octanol–water partition coefficient (Wildman–Crippen LogP) is 9.97. The summed E-state index contributed by atoms with van der Waals surface area (Å²) in [5, 5.41) is 10.2. The minimum absolute atomic E-state index is 0. The first-order valence-corrected chi connectivity index (χ1v) is 16.9. The number of nitrogens with zero attached hydrogens (tertiary/aromatic N) is 1. The van der Waals surface area contributed by atoms with Crippen molar-refractivity contribution >= 4 is 32.4 Å². The third-order valence-electron chi connectivity index (χ3n) is 8.55. The normalized spacial score (nSPS) is 16.2. The van der Waals surface area contributed by atoms with E-state index in [4.69, 9.17) is 0 Å². The third kappa shape index (κ3) is 7.64. The molecule has 4 aromatic carbocycles. The second kappa shape index (κ2) is 17.0. The minimum atomic E-state index is -0.0125. The Balaban J connectivity index is 0.000000407. The Morgan fingerprint density at radius 2 is 1.39 bits per heavy atom. The van der Waals surface area contributed by atoms with Gasteiger partial charge in [0.05, 0.1) is 0 Å². The molecule has 7 rings (SSSR count). The van der Waals surface area contributed by atoms with Crippen molar-refractivity contribution in [2.24, 2.45) is 0 Å². The molecule has 0 amide bonds. The topological polar surface area (TPSA) is 23.5 Å². The van der Waals surface area contributed by atoms with E-state index in [1.54, 1.807) is 25.2 Å². The molecule has 2 aliphatic carbocycles. The number of hydrogen-bond acceptors (Lipinski definition) is 2. The average molecular weight is 678 g/mol. The first-order chi connectivity index (χ1) is 19.3. The number of aromatic hydroxyl groups is 1. The third-order valence-corrected chi connectivity index (χ3v) is 8.55. The molecule has 4 aromatic rings. The molecule has 2 nitrogen and oxygen atoms in total. The molecule has 1 unspecified atom stereocenters.